The Balaban J connectivity index is 0. The van der Waals surface area contributed by atoms with Crippen LogP contribution in [0.15, 0.2) is 0 Å². The van der Waals surface area contributed by atoms with Crippen LogP contribution in [-0.4, -0.2) is 37.1 Å². The summed E-state index contributed by atoms with van der Waals surface area (Å²) in [6, 6.07) is 0. The number of ether oxygens (including phenoxy) is 1. The van der Waals surface area contributed by atoms with Crippen LogP contribution in [-0.2, 0) is 24.4 Å². The second-order valence-corrected chi connectivity index (χ2v) is 6.25. The largest absolute Gasteiger partial charge is 1.00 e. The zero-order valence-electron chi connectivity index (χ0n) is 12.9. The SMILES string of the molecule is CC(=O)CCCCCCCCCOC(=O)CS(=O)(=O)[O-].[Na+]. The van der Waals surface area contributed by atoms with Crippen LogP contribution in [0.25, 0.3) is 0 Å². The van der Waals surface area contributed by atoms with Crippen molar-refractivity contribution in [3.63, 3.8) is 0 Å². The van der Waals surface area contributed by atoms with Gasteiger partial charge in [0.05, 0.1) is 6.61 Å². The number of carbonyl (C=O) groups excluding carboxylic acids is 2. The number of hydrogen-bond donors (Lipinski definition) is 0. The van der Waals surface area contributed by atoms with Crippen molar-refractivity contribution in [1.29, 1.82) is 0 Å². The maximum absolute atomic E-state index is 10.9. The molecular weight excluding hydrogens is 307 g/mol. The van der Waals surface area contributed by atoms with E-state index in [1.807, 2.05) is 0 Å². The maximum atomic E-state index is 10.9. The molecule has 0 aliphatic carbocycles. The standard InChI is InChI=1S/C13H24O6S.Na/c1-12(14)9-7-5-3-2-4-6-8-10-19-13(15)11-20(16,17)18;/h2-11H2,1H3,(H,16,17,18);/q;+1/p-1. The summed E-state index contributed by atoms with van der Waals surface area (Å²) in [5, 5.41) is 0. The first-order chi connectivity index (χ1) is 9.31. The Hall–Kier alpha value is 0.0500. The number of Topliss-reactive ketones (excluding diaryl/α,β-unsaturated/α-hetero) is 1. The predicted molar refractivity (Wildman–Crippen MR) is 73.1 cm³/mol. The van der Waals surface area contributed by atoms with Gasteiger partial charge in [0.15, 0.2) is 0 Å². The minimum Gasteiger partial charge on any atom is -0.748 e. The van der Waals surface area contributed by atoms with Gasteiger partial charge in [0, 0.05) is 6.42 Å². The molecule has 6 nitrogen and oxygen atoms in total. The van der Waals surface area contributed by atoms with E-state index in [4.69, 9.17) is 0 Å². The molecule has 0 fully saturated rings. The third-order valence-corrected chi connectivity index (χ3v) is 3.32. The number of carbonyl (C=O) groups is 2. The first-order valence-corrected chi connectivity index (χ1v) is 8.47. The Morgan fingerprint density at radius 3 is 1.90 bits per heavy atom. The summed E-state index contributed by atoms with van der Waals surface area (Å²) >= 11 is 0. The van der Waals surface area contributed by atoms with E-state index >= 15 is 0 Å². The molecule has 0 aliphatic rings. The fraction of sp³-hybridized carbons (Fsp3) is 0.846. The van der Waals surface area contributed by atoms with E-state index in [9.17, 15) is 22.6 Å². The Labute approximate surface area is 149 Å². The van der Waals surface area contributed by atoms with E-state index in [0.29, 0.717) is 12.8 Å². The molecule has 118 valence electrons. The Kier molecular flexibility index (Phi) is 15.2. The number of rotatable bonds is 12. The maximum Gasteiger partial charge on any atom is 1.00 e. The van der Waals surface area contributed by atoms with Gasteiger partial charge in [-0.2, -0.15) is 0 Å². The van der Waals surface area contributed by atoms with E-state index in [1.54, 1.807) is 6.92 Å². The van der Waals surface area contributed by atoms with Crippen LogP contribution >= 0.6 is 0 Å². The molecule has 0 unspecified atom stereocenters. The van der Waals surface area contributed by atoms with Crippen LogP contribution in [0, 0.1) is 0 Å². The van der Waals surface area contributed by atoms with E-state index in [-0.39, 0.29) is 41.9 Å². The molecule has 0 spiro atoms. The summed E-state index contributed by atoms with van der Waals surface area (Å²) in [4.78, 5) is 21.6. The molecule has 0 aromatic carbocycles. The Morgan fingerprint density at radius 2 is 1.43 bits per heavy atom. The minimum absolute atomic E-state index is 0. The molecule has 21 heavy (non-hydrogen) atoms. The first-order valence-electron chi connectivity index (χ1n) is 6.90. The van der Waals surface area contributed by atoms with Crippen LogP contribution in [0.2, 0.25) is 0 Å². The second-order valence-electron chi connectivity index (χ2n) is 4.85. The summed E-state index contributed by atoms with van der Waals surface area (Å²) in [5.74, 6) is -1.85. The van der Waals surface area contributed by atoms with Gasteiger partial charge >= 0.3 is 35.5 Å². The van der Waals surface area contributed by atoms with Gasteiger partial charge < -0.3 is 14.1 Å². The van der Waals surface area contributed by atoms with Gasteiger partial charge in [-0.1, -0.05) is 32.1 Å². The summed E-state index contributed by atoms with van der Waals surface area (Å²) in [6.45, 7) is 1.75. The third kappa shape index (κ3) is 20.1. The average molecular weight is 330 g/mol. The van der Waals surface area contributed by atoms with Crippen LogP contribution in [0.5, 0.6) is 0 Å². The van der Waals surface area contributed by atoms with Gasteiger partial charge in [-0.15, -0.1) is 0 Å². The van der Waals surface area contributed by atoms with Gasteiger partial charge in [-0.25, -0.2) is 8.42 Å². The van der Waals surface area contributed by atoms with Crippen molar-refractivity contribution in [3.8, 4) is 0 Å². The van der Waals surface area contributed by atoms with Gasteiger partial charge in [-0.05, 0) is 19.8 Å². The Bertz CT molecular complexity index is 393. The second kappa shape index (κ2) is 13.7. The molecule has 0 radical (unpaired) electrons. The van der Waals surface area contributed by atoms with Gasteiger partial charge in [0.1, 0.15) is 21.7 Å². The molecule has 0 N–H and O–H groups in total. The van der Waals surface area contributed by atoms with Gasteiger partial charge in [-0.3, -0.25) is 4.79 Å². The molecule has 0 aromatic heterocycles. The van der Waals surface area contributed by atoms with E-state index in [0.717, 1.165) is 38.5 Å². The van der Waals surface area contributed by atoms with Crippen LogP contribution in [0.1, 0.15) is 58.3 Å². The monoisotopic (exact) mass is 330 g/mol. The normalized spacial score (nSPS) is 10.8. The van der Waals surface area contributed by atoms with Crippen LogP contribution in [0.4, 0.5) is 0 Å². The summed E-state index contributed by atoms with van der Waals surface area (Å²) < 4.78 is 35.4. The number of unbranched alkanes of at least 4 members (excludes halogenated alkanes) is 6. The van der Waals surface area contributed by atoms with Crippen molar-refractivity contribution >= 4 is 21.9 Å². The number of ketones is 1. The molecule has 0 bridgehead atoms. The number of hydrogen-bond acceptors (Lipinski definition) is 6. The van der Waals surface area contributed by atoms with E-state index < -0.39 is 21.8 Å². The molecule has 0 aliphatic heterocycles. The van der Waals surface area contributed by atoms with Crippen LogP contribution in [0.3, 0.4) is 0 Å². The van der Waals surface area contributed by atoms with E-state index in [1.165, 1.54) is 0 Å². The molecular formula is C13H23NaO6S. The fourth-order valence-corrected chi connectivity index (χ4v) is 2.10. The van der Waals surface area contributed by atoms with Crippen molar-refractivity contribution in [1.82, 2.24) is 0 Å². The molecule has 0 saturated heterocycles. The molecule has 0 amide bonds. The van der Waals surface area contributed by atoms with Crippen molar-refractivity contribution in [2.75, 3.05) is 12.4 Å². The van der Waals surface area contributed by atoms with Crippen molar-refractivity contribution in [2.45, 2.75) is 58.3 Å². The molecule has 0 saturated carbocycles. The minimum atomic E-state index is -4.54. The van der Waals surface area contributed by atoms with Crippen molar-refractivity contribution in [3.05, 3.63) is 0 Å². The van der Waals surface area contributed by atoms with Crippen molar-refractivity contribution in [2.24, 2.45) is 0 Å². The van der Waals surface area contributed by atoms with Crippen LogP contribution < -0.4 is 29.6 Å². The molecule has 0 aromatic rings. The summed E-state index contributed by atoms with van der Waals surface area (Å²) in [6.07, 6.45) is 7.37. The quantitative estimate of drug-likeness (QED) is 0.193. The number of esters is 1. The van der Waals surface area contributed by atoms with Gasteiger partial charge in [0.25, 0.3) is 0 Å². The Morgan fingerprint density at radius 1 is 0.952 bits per heavy atom. The first kappa shape index (κ1) is 23.3. The third-order valence-electron chi connectivity index (χ3n) is 2.73. The summed E-state index contributed by atoms with van der Waals surface area (Å²) in [7, 11) is -4.54. The zero-order valence-corrected chi connectivity index (χ0v) is 15.7. The zero-order chi connectivity index (χ0) is 15.4. The van der Waals surface area contributed by atoms with Gasteiger partial charge in [0.2, 0.25) is 0 Å². The fourth-order valence-electron chi connectivity index (χ4n) is 1.73. The topological polar surface area (TPSA) is 101 Å². The predicted octanol–water partition coefficient (Wildman–Crippen LogP) is -1.21. The molecule has 8 heteroatoms. The molecule has 0 heterocycles. The summed E-state index contributed by atoms with van der Waals surface area (Å²) in [5.41, 5.74) is 0. The van der Waals surface area contributed by atoms with E-state index in [2.05, 4.69) is 4.74 Å². The molecule has 0 atom stereocenters. The smallest absolute Gasteiger partial charge is 0.748 e. The van der Waals surface area contributed by atoms with Crippen molar-refractivity contribution < 1.29 is 56.9 Å². The molecule has 0 rings (SSSR count). The average Bonchev–Trinajstić information content (AvgIpc) is 2.28.